The third kappa shape index (κ3) is 7.69. The number of hydrogen-bond donors (Lipinski definition) is 2. The highest BCUT2D eigenvalue weighted by molar-refractivity contribution is 5.99. The number of likely N-dealkylation sites (N-methyl/N-ethyl adjacent to an activating group) is 1. The van der Waals surface area contributed by atoms with Gasteiger partial charge in [0.05, 0.1) is 17.9 Å². The molecule has 3 amide bonds. The summed E-state index contributed by atoms with van der Waals surface area (Å²) in [6, 6.07) is 17.7. The van der Waals surface area contributed by atoms with Gasteiger partial charge in [0.25, 0.3) is 0 Å². The standard InChI is InChI=1S/C31H42N6O2/c1-22-10-12-26(13-11-22)37-28(20-27(34-37)31(2,3)4)33-30(39)32-25-9-7-8-24(19-25)18-23-14-16-36(17-15-23)29(38)21-35(5)6/h7-13,19-20,23H,14-18,21H2,1-6H3,(H2,32,33,39). The van der Waals surface area contributed by atoms with Crippen LogP contribution in [0, 0.1) is 12.8 Å². The fraction of sp³-hybridized carbons (Fsp3) is 0.452. The molecule has 2 heterocycles. The first-order valence-corrected chi connectivity index (χ1v) is 13.7. The Morgan fingerprint density at radius 3 is 2.33 bits per heavy atom. The fourth-order valence-corrected chi connectivity index (χ4v) is 4.86. The maximum Gasteiger partial charge on any atom is 0.324 e. The van der Waals surface area contributed by atoms with Crippen LogP contribution in [0.4, 0.5) is 16.3 Å². The molecule has 0 unspecified atom stereocenters. The molecule has 2 aromatic carbocycles. The summed E-state index contributed by atoms with van der Waals surface area (Å²) in [5.41, 5.74) is 4.73. The van der Waals surface area contributed by atoms with Gasteiger partial charge in [-0.3, -0.25) is 10.1 Å². The number of piperidine rings is 1. The number of nitrogens with zero attached hydrogens (tertiary/aromatic N) is 4. The summed E-state index contributed by atoms with van der Waals surface area (Å²) in [5.74, 6) is 1.35. The van der Waals surface area contributed by atoms with E-state index >= 15 is 0 Å². The summed E-state index contributed by atoms with van der Waals surface area (Å²) in [5, 5.41) is 10.8. The molecule has 0 saturated carbocycles. The zero-order valence-corrected chi connectivity index (χ0v) is 24.1. The Bertz CT molecular complexity index is 1280. The van der Waals surface area contributed by atoms with Gasteiger partial charge in [0.2, 0.25) is 5.91 Å². The molecule has 0 radical (unpaired) electrons. The predicted octanol–water partition coefficient (Wildman–Crippen LogP) is 5.46. The number of amides is 3. The zero-order chi connectivity index (χ0) is 28.2. The Morgan fingerprint density at radius 1 is 1.00 bits per heavy atom. The van der Waals surface area contributed by atoms with Crippen molar-refractivity contribution in [2.45, 2.75) is 52.4 Å². The van der Waals surface area contributed by atoms with Gasteiger partial charge in [-0.15, -0.1) is 0 Å². The number of hydrogen-bond acceptors (Lipinski definition) is 4. The average Bonchev–Trinajstić information content (AvgIpc) is 3.29. The van der Waals surface area contributed by atoms with Crippen molar-refractivity contribution in [3.8, 4) is 5.69 Å². The monoisotopic (exact) mass is 530 g/mol. The molecule has 0 bridgehead atoms. The van der Waals surface area contributed by atoms with Gasteiger partial charge in [0.15, 0.2) is 0 Å². The Labute approximate surface area is 232 Å². The number of likely N-dealkylation sites (tertiary alicyclic amines) is 1. The fourth-order valence-electron chi connectivity index (χ4n) is 4.86. The first-order valence-electron chi connectivity index (χ1n) is 13.7. The van der Waals surface area contributed by atoms with E-state index in [0.29, 0.717) is 18.3 Å². The highest BCUT2D eigenvalue weighted by Crippen LogP contribution is 2.27. The molecule has 39 heavy (non-hydrogen) atoms. The molecule has 0 spiro atoms. The Morgan fingerprint density at radius 2 is 1.69 bits per heavy atom. The quantitative estimate of drug-likeness (QED) is 0.425. The molecule has 8 nitrogen and oxygen atoms in total. The van der Waals surface area contributed by atoms with E-state index in [4.69, 9.17) is 5.10 Å². The van der Waals surface area contributed by atoms with Crippen LogP contribution in [0.25, 0.3) is 5.69 Å². The van der Waals surface area contributed by atoms with Crippen LogP contribution in [0.1, 0.15) is 50.4 Å². The van der Waals surface area contributed by atoms with Crippen molar-refractivity contribution in [1.29, 1.82) is 0 Å². The molecule has 1 saturated heterocycles. The number of carbonyl (C=O) groups excluding carboxylic acids is 2. The van der Waals surface area contributed by atoms with Crippen LogP contribution in [0.5, 0.6) is 0 Å². The summed E-state index contributed by atoms with van der Waals surface area (Å²) in [4.78, 5) is 29.3. The number of urea groups is 1. The number of carbonyl (C=O) groups is 2. The minimum absolute atomic E-state index is 0.160. The molecule has 1 aromatic heterocycles. The summed E-state index contributed by atoms with van der Waals surface area (Å²) in [6.07, 6.45) is 2.93. The van der Waals surface area contributed by atoms with Crippen molar-refractivity contribution in [1.82, 2.24) is 19.6 Å². The van der Waals surface area contributed by atoms with Crippen LogP contribution in [0.3, 0.4) is 0 Å². The SMILES string of the molecule is Cc1ccc(-n2nc(C(C)(C)C)cc2NC(=O)Nc2cccc(CC3CCN(C(=O)CN(C)C)CC3)c2)cc1. The van der Waals surface area contributed by atoms with Gasteiger partial charge in [-0.05, 0) is 76.0 Å². The number of anilines is 2. The van der Waals surface area contributed by atoms with Gasteiger partial charge >= 0.3 is 6.03 Å². The molecule has 3 aromatic rings. The molecular formula is C31H42N6O2. The molecule has 0 atom stereocenters. The van der Waals surface area contributed by atoms with E-state index in [1.54, 1.807) is 4.68 Å². The first kappa shape index (κ1) is 28.4. The maximum absolute atomic E-state index is 13.1. The number of rotatable bonds is 7. The van der Waals surface area contributed by atoms with Crippen LogP contribution in [0.2, 0.25) is 0 Å². The second-order valence-corrected chi connectivity index (χ2v) is 12.0. The number of benzene rings is 2. The van der Waals surface area contributed by atoms with Crippen LogP contribution >= 0.6 is 0 Å². The minimum Gasteiger partial charge on any atom is -0.342 e. The van der Waals surface area contributed by atoms with Gasteiger partial charge in [-0.1, -0.05) is 50.6 Å². The second kappa shape index (κ2) is 12.0. The lowest BCUT2D eigenvalue weighted by atomic mass is 9.90. The third-order valence-corrected chi connectivity index (χ3v) is 7.13. The molecule has 2 N–H and O–H groups in total. The summed E-state index contributed by atoms with van der Waals surface area (Å²) < 4.78 is 1.78. The predicted molar refractivity (Wildman–Crippen MR) is 158 cm³/mol. The summed E-state index contributed by atoms with van der Waals surface area (Å²) >= 11 is 0. The van der Waals surface area contributed by atoms with E-state index in [-0.39, 0.29) is 17.4 Å². The van der Waals surface area contributed by atoms with Crippen molar-refractivity contribution >= 4 is 23.4 Å². The summed E-state index contributed by atoms with van der Waals surface area (Å²) in [6.45, 7) is 10.4. The minimum atomic E-state index is -0.311. The smallest absolute Gasteiger partial charge is 0.324 e. The van der Waals surface area contributed by atoms with Crippen molar-refractivity contribution in [2.75, 3.05) is 44.4 Å². The largest absolute Gasteiger partial charge is 0.342 e. The number of aromatic nitrogens is 2. The van der Waals surface area contributed by atoms with E-state index in [1.165, 1.54) is 5.56 Å². The van der Waals surface area contributed by atoms with Gasteiger partial charge < -0.3 is 15.1 Å². The molecule has 4 rings (SSSR count). The van der Waals surface area contributed by atoms with Gasteiger partial charge in [0.1, 0.15) is 5.82 Å². The van der Waals surface area contributed by atoms with Crippen molar-refractivity contribution in [3.05, 3.63) is 71.4 Å². The molecule has 8 heteroatoms. The molecular weight excluding hydrogens is 488 g/mol. The highest BCUT2D eigenvalue weighted by Gasteiger charge is 2.24. The highest BCUT2D eigenvalue weighted by atomic mass is 16.2. The lowest BCUT2D eigenvalue weighted by Gasteiger charge is -2.32. The van der Waals surface area contributed by atoms with Crippen molar-refractivity contribution < 1.29 is 9.59 Å². The molecule has 0 aliphatic carbocycles. The Hall–Kier alpha value is -3.65. The van der Waals surface area contributed by atoms with Crippen molar-refractivity contribution in [2.24, 2.45) is 5.92 Å². The van der Waals surface area contributed by atoms with Gasteiger partial charge in [0, 0.05) is 30.3 Å². The van der Waals surface area contributed by atoms with Gasteiger partial charge in [-0.25, -0.2) is 9.48 Å². The van der Waals surface area contributed by atoms with E-state index < -0.39 is 0 Å². The third-order valence-electron chi connectivity index (χ3n) is 7.13. The first-order chi connectivity index (χ1) is 18.5. The van der Waals surface area contributed by atoms with E-state index in [2.05, 4.69) is 37.5 Å². The molecule has 208 valence electrons. The van der Waals surface area contributed by atoms with Crippen LogP contribution in [0.15, 0.2) is 54.6 Å². The second-order valence-electron chi connectivity index (χ2n) is 12.0. The van der Waals surface area contributed by atoms with Crippen LogP contribution < -0.4 is 10.6 Å². The van der Waals surface area contributed by atoms with E-state index in [1.807, 2.05) is 79.3 Å². The van der Waals surface area contributed by atoms with E-state index in [0.717, 1.165) is 55.0 Å². The zero-order valence-electron chi connectivity index (χ0n) is 24.1. The average molecular weight is 531 g/mol. The lowest BCUT2D eigenvalue weighted by Crippen LogP contribution is -2.42. The van der Waals surface area contributed by atoms with Gasteiger partial charge in [-0.2, -0.15) is 5.10 Å². The normalized spacial score (nSPS) is 14.5. The summed E-state index contributed by atoms with van der Waals surface area (Å²) in [7, 11) is 3.85. The van der Waals surface area contributed by atoms with Crippen LogP contribution in [-0.2, 0) is 16.6 Å². The Kier molecular flexibility index (Phi) is 8.75. The molecule has 1 aliphatic heterocycles. The molecule has 1 aliphatic rings. The number of aryl methyl sites for hydroxylation is 1. The Balaban J connectivity index is 1.39. The molecule has 1 fully saturated rings. The van der Waals surface area contributed by atoms with Crippen molar-refractivity contribution in [3.63, 3.8) is 0 Å². The lowest BCUT2D eigenvalue weighted by molar-refractivity contribution is -0.133. The maximum atomic E-state index is 13.1. The van der Waals surface area contributed by atoms with Crippen LogP contribution in [-0.4, -0.2) is 65.2 Å². The van der Waals surface area contributed by atoms with E-state index in [9.17, 15) is 9.59 Å². The topological polar surface area (TPSA) is 82.5 Å². The number of nitrogens with one attached hydrogen (secondary N) is 2.